The van der Waals surface area contributed by atoms with Crippen molar-refractivity contribution in [3.8, 4) is 0 Å². The zero-order valence-electron chi connectivity index (χ0n) is 80.8. The van der Waals surface area contributed by atoms with Crippen LogP contribution in [0.15, 0.2) is 315 Å². The molecule has 0 atom stereocenters. The van der Waals surface area contributed by atoms with Crippen LogP contribution in [0, 0.1) is 37.9 Å². The first-order chi connectivity index (χ1) is 68.1. The van der Waals surface area contributed by atoms with Crippen LogP contribution in [0.5, 0.6) is 0 Å². The third-order valence-corrected chi connectivity index (χ3v) is 34.3. The molecule has 0 amide bonds. The van der Waals surface area contributed by atoms with Crippen LogP contribution in [0.1, 0.15) is 129 Å². The predicted molar refractivity (Wildman–Crippen MR) is 752 cm³/mol. The van der Waals surface area contributed by atoms with Crippen molar-refractivity contribution in [2.75, 3.05) is 96.6 Å². The van der Waals surface area contributed by atoms with Crippen molar-refractivity contribution >= 4 is 418 Å². The molecule has 13 aromatic rings. The van der Waals surface area contributed by atoms with Gasteiger partial charge < -0.3 is 41.8 Å². The largest absolute Gasteiger partial charge is 0.378 e. The number of alkyl halides is 4. The van der Waals surface area contributed by atoms with Gasteiger partial charge in [0.05, 0.1) is 58.1 Å². The second-order valence-electron chi connectivity index (χ2n) is 29.8. The molecule has 0 aliphatic carbocycles. The van der Waals surface area contributed by atoms with Crippen LogP contribution in [0.25, 0.3) is 36.5 Å². The Morgan fingerprint density at radius 3 is 0.861 bits per heavy atom. The number of nitrogens with zero attached hydrogens (tertiary/aromatic N) is 3. The topological polar surface area (TPSA) is 116 Å². The molecule has 0 fully saturated rings. The van der Waals surface area contributed by atoms with Gasteiger partial charge in [0.25, 0.3) is 0 Å². The highest BCUT2D eigenvalue weighted by atomic mass is 128. The van der Waals surface area contributed by atoms with Crippen LogP contribution < -0.4 is 14.7 Å². The van der Waals surface area contributed by atoms with Crippen LogP contribution in [-0.2, 0) is 80.6 Å². The summed E-state index contributed by atoms with van der Waals surface area (Å²) >= 11 is 42.5. The summed E-state index contributed by atoms with van der Waals surface area (Å²) < 4.78 is 91.5. The van der Waals surface area contributed by atoms with Gasteiger partial charge in [-0.2, -0.15) is 0 Å². The van der Waals surface area contributed by atoms with Crippen LogP contribution in [0.4, 0.5) is 21.5 Å². The molecule has 33 heteroatoms. The number of hydrogen-bond donors (Lipinski definition) is 0. The van der Waals surface area contributed by atoms with Crippen molar-refractivity contribution in [1.29, 1.82) is 0 Å². The SMILES string of the molecule is BrCc1ccc(I)cc1.BrCc1cccc(I)c1.BrCc1ccccc1I.C.C.CCOP(=O)(Cc1ccc(I)cc1)OCC.CCOP(=O)(Cc1cccc(I)c1)OCC.CCOP(=O)(Cc1ccccc1I)OCC.CN(C)c1ccc(/C=C/c2ccc(I)cc2)cc1.CN(C)c1ccc(/C=C/c2cccc(I)c2)cc1.CN(C)c1ccc(/C=C/c2ccccc2I)cc1.Fc1ccc(CBr)cc1.II.II. The molecule has 0 N–H and O–H groups in total. The van der Waals surface area contributed by atoms with Crippen molar-refractivity contribution < 1.29 is 45.2 Å². The monoisotopic (exact) mass is 3720 g/mol. The van der Waals surface area contributed by atoms with Gasteiger partial charge in [-0.15, -0.1) is 0 Å². The van der Waals surface area contributed by atoms with E-state index in [1.165, 1.54) is 101 Å². The average molecular weight is 3730 g/mol. The Morgan fingerprint density at radius 1 is 0.264 bits per heavy atom. The molecule has 0 spiro atoms. The van der Waals surface area contributed by atoms with Crippen LogP contribution in [-0.4, -0.2) is 81.9 Å². The van der Waals surface area contributed by atoms with E-state index in [4.69, 9.17) is 27.1 Å². The Labute approximate surface area is 1060 Å². The third-order valence-electron chi connectivity index (χ3n) is 18.4. The fourth-order valence-corrected chi connectivity index (χ4v) is 23.6. The molecule has 0 bridgehead atoms. The first-order valence-electron chi connectivity index (χ1n) is 44.1. The standard InChI is InChI=1S/3C16H16IN.3C11H16IO3P.C7H6BrF.3C7H6BrI.2CH4.2I2/c1-18(2)16-11-7-14(8-12-16)4-3-13-5-9-15(17)10-6-13;1-18(2)16-10-8-13(9-11-16)6-7-14-4-3-5-15(17)12-14;1-18(2)15-11-8-13(9-12-15)7-10-14-5-3-4-6-16(14)17;1-3-14-16(13,15-4-2)9-10-5-7-11(12)8-6-10;1-3-14-16(13,15-4-2)9-10-6-5-7-11(12)8-10;1-3-14-16(13,15-4-2)9-10-7-5-6-8-11(10)12;2*8-5-6-1-3-7(9)4-2-6;8-5-6-2-1-3-7(9)4-6;8-5-6-3-1-2-4-7(6)9;;;2*1-2/h3*3-12H,1-2H3;3*5-8H,3-4,9H2,1-2H3;4*1-4H,5H2;2*1H4;;/b4-3+;7-6+;10-7+;;;;;;;;;;;. The Hall–Kier alpha value is 0.270. The second kappa shape index (κ2) is 87.3. The van der Waals surface area contributed by atoms with Gasteiger partial charge in [0.2, 0.25) is 0 Å². The molecular weight excluding hydrogens is 3600 g/mol. The summed E-state index contributed by atoms with van der Waals surface area (Å²) in [6.07, 6.45) is 13.9. The van der Waals surface area contributed by atoms with Gasteiger partial charge in [-0.25, -0.2) is 4.39 Å². The number of rotatable bonds is 31. The Kier molecular flexibility index (Phi) is 87.5. The molecule has 0 saturated heterocycles. The normalized spacial score (nSPS) is 10.4. The number of halogens is 18. The van der Waals surface area contributed by atoms with Gasteiger partial charge in [0, 0.05) is 187 Å². The summed E-state index contributed by atoms with van der Waals surface area (Å²) in [5, 5.41) is 3.63. The van der Waals surface area contributed by atoms with Crippen LogP contribution in [0.2, 0.25) is 0 Å². The van der Waals surface area contributed by atoms with Gasteiger partial charge in [-0.3, -0.25) is 13.7 Å². The lowest BCUT2D eigenvalue weighted by atomic mass is 10.1. The Balaban J connectivity index is 0.00000158. The van der Waals surface area contributed by atoms with Crippen LogP contribution in [0.3, 0.4) is 0 Å². The highest BCUT2D eigenvalue weighted by Gasteiger charge is 2.27. The Morgan fingerprint density at radius 2 is 0.542 bits per heavy atom. The average Bonchev–Trinajstić information content (AvgIpc) is 0.865. The van der Waals surface area contributed by atoms with E-state index < -0.39 is 22.8 Å². The van der Waals surface area contributed by atoms with E-state index in [2.05, 4.69) is 647 Å². The van der Waals surface area contributed by atoms with Gasteiger partial charge in [-0.1, -0.05) is 291 Å². The molecule has 0 aliphatic rings. The molecule has 0 aromatic heterocycles. The van der Waals surface area contributed by atoms with Crippen molar-refractivity contribution in [3.05, 3.63) is 426 Å². The maximum absolute atomic E-state index is 12.3. The summed E-state index contributed by atoms with van der Waals surface area (Å²) in [4.78, 5) is 6.31. The van der Waals surface area contributed by atoms with Gasteiger partial charge >= 0.3 is 22.8 Å². The van der Waals surface area contributed by atoms with Gasteiger partial charge in [0.1, 0.15) is 5.82 Å². The highest BCUT2D eigenvalue weighted by Crippen LogP contribution is 2.53. The van der Waals surface area contributed by atoms with E-state index >= 15 is 0 Å². The lowest BCUT2D eigenvalue weighted by molar-refractivity contribution is 0.218. The van der Waals surface area contributed by atoms with E-state index in [1.807, 2.05) is 120 Å². The maximum Gasteiger partial charge on any atom is 0.335 e. The lowest BCUT2D eigenvalue weighted by Gasteiger charge is -2.17. The maximum atomic E-state index is 12.3. The minimum Gasteiger partial charge on any atom is -0.378 e. The summed E-state index contributed by atoms with van der Waals surface area (Å²) in [7, 11) is 3.42. The van der Waals surface area contributed by atoms with Crippen molar-refractivity contribution in [3.63, 3.8) is 0 Å². The molecule has 782 valence electrons. The summed E-state index contributed by atoms with van der Waals surface area (Å²) in [5.41, 5.74) is 19.1. The first kappa shape index (κ1) is 144. The fourth-order valence-electron chi connectivity index (χ4n) is 11.5. The molecule has 13 aromatic carbocycles. The van der Waals surface area contributed by atoms with Gasteiger partial charge in [-0.05, 0) is 457 Å². The van der Waals surface area contributed by atoms with Crippen molar-refractivity contribution in [2.24, 2.45) is 0 Å². The minimum atomic E-state index is -2.97. The van der Waals surface area contributed by atoms with E-state index in [0.717, 1.165) is 54.3 Å². The quantitative estimate of drug-likeness (QED) is 0.0178. The molecule has 0 radical (unpaired) electrons. The van der Waals surface area contributed by atoms with Crippen molar-refractivity contribution in [2.45, 2.75) is 96.2 Å². The number of anilines is 3. The predicted octanol–water partition coefficient (Wildman–Crippen LogP) is 42.8. The van der Waals surface area contributed by atoms with E-state index in [9.17, 15) is 18.1 Å². The molecule has 13 rings (SSSR count). The summed E-state index contributed by atoms with van der Waals surface area (Å²) in [5.74, 6) is -0.181. The van der Waals surface area contributed by atoms with Gasteiger partial charge in [0.15, 0.2) is 0 Å². The molecule has 144 heavy (non-hydrogen) atoms. The zero-order chi connectivity index (χ0) is 106. The van der Waals surface area contributed by atoms with E-state index in [0.29, 0.717) is 58.1 Å². The molecule has 0 unspecified atom stereocenters. The third kappa shape index (κ3) is 66.1. The molecular formula is C111H128Br4FI13N3O9P3. The van der Waals surface area contributed by atoms with E-state index in [1.54, 1.807) is 12.1 Å². The molecule has 0 heterocycles. The summed E-state index contributed by atoms with van der Waals surface area (Å²) in [6, 6.07) is 106. The fraction of sp³-hybridized carbons (Fsp3) is 0.243. The molecule has 12 nitrogen and oxygen atoms in total. The Bertz CT molecular complexity index is 5770. The number of hydrogen-bond acceptors (Lipinski definition) is 12. The smallest absolute Gasteiger partial charge is 0.335 e. The minimum absolute atomic E-state index is 0. The second-order valence-corrected chi connectivity index (χ2v) is 49.1. The summed E-state index contributed by atoms with van der Waals surface area (Å²) in [6.45, 7) is 13.3. The molecule has 0 aliphatic heterocycles. The van der Waals surface area contributed by atoms with Crippen molar-refractivity contribution in [1.82, 2.24) is 0 Å². The first-order valence-corrected chi connectivity index (χ1v) is 76.0. The van der Waals surface area contributed by atoms with Crippen LogP contribution >= 0.6 is 364 Å². The number of benzene rings is 13. The lowest BCUT2D eigenvalue weighted by Crippen LogP contribution is -2.07. The zero-order valence-corrected chi connectivity index (χ0v) is 118. The molecule has 0 saturated carbocycles. The highest BCUT2D eigenvalue weighted by molar-refractivity contribution is 15.0. The van der Waals surface area contributed by atoms with E-state index in [-0.39, 0.29) is 20.7 Å².